The Balaban J connectivity index is 1.38. The van der Waals surface area contributed by atoms with Gasteiger partial charge in [-0.3, -0.25) is 4.90 Å². The summed E-state index contributed by atoms with van der Waals surface area (Å²) in [5.41, 5.74) is 4.69. The lowest BCUT2D eigenvalue weighted by Gasteiger charge is -2.33. The van der Waals surface area contributed by atoms with E-state index in [1.165, 1.54) is 29.7 Å². The zero-order valence-electron chi connectivity index (χ0n) is 15.8. The van der Waals surface area contributed by atoms with Crippen LogP contribution in [0.2, 0.25) is 0 Å². The van der Waals surface area contributed by atoms with E-state index in [0.717, 1.165) is 31.0 Å². The Bertz CT molecular complexity index is 861. The Morgan fingerprint density at radius 2 is 1.74 bits per heavy atom. The third-order valence-electron chi connectivity index (χ3n) is 5.15. The second-order valence-electron chi connectivity index (χ2n) is 7.31. The van der Waals surface area contributed by atoms with E-state index in [9.17, 15) is 0 Å². The van der Waals surface area contributed by atoms with E-state index >= 15 is 0 Å². The van der Waals surface area contributed by atoms with Crippen LogP contribution in [-0.2, 0) is 6.54 Å². The fraction of sp³-hybridized carbons (Fsp3) is 0.304. The molecule has 1 unspecified atom stereocenters. The Morgan fingerprint density at radius 3 is 2.52 bits per heavy atom. The topological polar surface area (TPSA) is 41.1 Å². The van der Waals surface area contributed by atoms with Crippen LogP contribution >= 0.6 is 0 Å². The van der Waals surface area contributed by atoms with Gasteiger partial charge in [0.2, 0.25) is 0 Å². The number of aromatic nitrogens is 2. The van der Waals surface area contributed by atoms with Gasteiger partial charge >= 0.3 is 0 Å². The molecule has 0 aliphatic carbocycles. The van der Waals surface area contributed by atoms with Gasteiger partial charge < -0.3 is 5.32 Å². The highest BCUT2D eigenvalue weighted by Gasteiger charge is 2.20. The number of nitrogens with one attached hydrogen (secondary N) is 1. The molecular formula is C23H26N4. The third kappa shape index (κ3) is 4.52. The molecule has 4 heteroatoms. The highest BCUT2D eigenvalue weighted by Crippen LogP contribution is 2.20. The van der Waals surface area contributed by atoms with Crippen LogP contribution in [-0.4, -0.2) is 34.0 Å². The molecule has 0 radical (unpaired) electrons. The zero-order valence-corrected chi connectivity index (χ0v) is 15.8. The second kappa shape index (κ2) is 8.31. The summed E-state index contributed by atoms with van der Waals surface area (Å²) in [5, 5.41) is 3.66. The van der Waals surface area contributed by atoms with Crippen LogP contribution < -0.4 is 5.32 Å². The van der Waals surface area contributed by atoms with E-state index in [1.54, 1.807) is 0 Å². The van der Waals surface area contributed by atoms with Crippen molar-refractivity contribution in [2.75, 3.05) is 18.4 Å². The highest BCUT2D eigenvalue weighted by atomic mass is 15.2. The Labute approximate surface area is 161 Å². The maximum atomic E-state index is 4.61. The second-order valence-corrected chi connectivity index (χ2v) is 7.31. The average Bonchev–Trinajstić information content (AvgIpc) is 2.70. The van der Waals surface area contributed by atoms with Crippen molar-refractivity contribution < 1.29 is 0 Å². The van der Waals surface area contributed by atoms with Crippen LogP contribution in [0.15, 0.2) is 67.0 Å². The maximum Gasteiger partial charge on any atom is 0.159 e. The first-order valence-electron chi connectivity index (χ1n) is 9.69. The molecule has 0 saturated carbocycles. The summed E-state index contributed by atoms with van der Waals surface area (Å²) in [7, 11) is 0. The standard InChI is InChI=1S/C23H26N4/c1-18-8-5-6-12-22(18)23-24-14-19(15-25-23)16-27-13-7-11-21(17-27)26-20-9-3-2-4-10-20/h2-6,8-10,12,14-15,21,26H,7,11,13,16-17H2,1H3. The average molecular weight is 358 g/mol. The molecule has 1 aliphatic heterocycles. The van der Waals surface area contributed by atoms with Crippen molar-refractivity contribution in [2.24, 2.45) is 0 Å². The van der Waals surface area contributed by atoms with Gasteiger partial charge in [-0.25, -0.2) is 9.97 Å². The highest BCUT2D eigenvalue weighted by molar-refractivity contribution is 5.59. The van der Waals surface area contributed by atoms with Gasteiger partial charge in [0.25, 0.3) is 0 Å². The minimum atomic E-state index is 0.494. The number of benzene rings is 2. The van der Waals surface area contributed by atoms with Gasteiger partial charge in [0.05, 0.1) is 0 Å². The minimum Gasteiger partial charge on any atom is -0.381 e. The van der Waals surface area contributed by atoms with Crippen molar-refractivity contribution in [2.45, 2.75) is 32.4 Å². The van der Waals surface area contributed by atoms with Crippen molar-refractivity contribution in [3.63, 3.8) is 0 Å². The van der Waals surface area contributed by atoms with E-state index in [4.69, 9.17) is 0 Å². The van der Waals surface area contributed by atoms with Gasteiger partial charge in [0.15, 0.2) is 5.82 Å². The van der Waals surface area contributed by atoms with Crippen LogP contribution in [0, 0.1) is 6.92 Å². The largest absolute Gasteiger partial charge is 0.381 e. The molecule has 0 amide bonds. The van der Waals surface area contributed by atoms with Gasteiger partial charge in [0, 0.05) is 48.3 Å². The van der Waals surface area contributed by atoms with Crippen LogP contribution in [0.25, 0.3) is 11.4 Å². The molecule has 4 nitrogen and oxygen atoms in total. The van der Waals surface area contributed by atoms with Gasteiger partial charge in [-0.2, -0.15) is 0 Å². The van der Waals surface area contributed by atoms with E-state index < -0.39 is 0 Å². The number of rotatable bonds is 5. The molecule has 138 valence electrons. The lowest BCUT2D eigenvalue weighted by molar-refractivity contribution is 0.208. The molecule has 1 saturated heterocycles. The fourth-order valence-corrected chi connectivity index (χ4v) is 3.74. The quantitative estimate of drug-likeness (QED) is 0.728. The number of aryl methyl sites for hydroxylation is 1. The number of hydrogen-bond donors (Lipinski definition) is 1. The molecule has 1 fully saturated rings. The van der Waals surface area contributed by atoms with E-state index in [-0.39, 0.29) is 0 Å². The molecule has 1 aromatic heterocycles. The number of para-hydroxylation sites is 1. The fourth-order valence-electron chi connectivity index (χ4n) is 3.74. The normalized spacial score (nSPS) is 17.6. The van der Waals surface area contributed by atoms with Crippen LogP contribution in [0.1, 0.15) is 24.0 Å². The van der Waals surface area contributed by atoms with Crippen molar-refractivity contribution in [1.29, 1.82) is 0 Å². The first kappa shape index (κ1) is 17.7. The first-order chi connectivity index (χ1) is 13.3. The maximum absolute atomic E-state index is 4.61. The molecule has 1 N–H and O–H groups in total. The van der Waals surface area contributed by atoms with Crippen LogP contribution in [0.3, 0.4) is 0 Å². The summed E-state index contributed by atoms with van der Waals surface area (Å²) in [4.78, 5) is 11.7. The first-order valence-corrected chi connectivity index (χ1v) is 9.69. The third-order valence-corrected chi connectivity index (χ3v) is 5.15. The van der Waals surface area contributed by atoms with Crippen molar-refractivity contribution in [3.05, 3.63) is 78.1 Å². The SMILES string of the molecule is Cc1ccccc1-c1ncc(CN2CCCC(Nc3ccccc3)C2)cn1. The lowest BCUT2D eigenvalue weighted by atomic mass is 10.0. The van der Waals surface area contributed by atoms with E-state index in [1.807, 2.05) is 24.5 Å². The van der Waals surface area contributed by atoms with Gasteiger partial charge in [0.1, 0.15) is 0 Å². The van der Waals surface area contributed by atoms with E-state index in [2.05, 4.69) is 69.6 Å². The van der Waals surface area contributed by atoms with Gasteiger partial charge in [-0.05, 0) is 44.0 Å². The summed E-state index contributed by atoms with van der Waals surface area (Å²) < 4.78 is 0. The zero-order chi connectivity index (χ0) is 18.5. The summed E-state index contributed by atoms with van der Waals surface area (Å²) in [6.07, 6.45) is 6.38. The van der Waals surface area contributed by atoms with Gasteiger partial charge in [-0.15, -0.1) is 0 Å². The van der Waals surface area contributed by atoms with Crippen LogP contribution in [0.5, 0.6) is 0 Å². The van der Waals surface area contributed by atoms with Crippen molar-refractivity contribution in [3.8, 4) is 11.4 Å². The monoisotopic (exact) mass is 358 g/mol. The summed E-state index contributed by atoms with van der Waals surface area (Å²) >= 11 is 0. The van der Waals surface area contributed by atoms with Gasteiger partial charge in [-0.1, -0.05) is 42.5 Å². The molecule has 0 bridgehead atoms. The molecule has 4 rings (SSSR count). The molecule has 2 aromatic carbocycles. The molecule has 1 aliphatic rings. The van der Waals surface area contributed by atoms with E-state index in [0.29, 0.717) is 6.04 Å². The number of likely N-dealkylation sites (tertiary alicyclic amines) is 1. The summed E-state index contributed by atoms with van der Waals surface area (Å²) in [5.74, 6) is 0.805. The number of hydrogen-bond acceptors (Lipinski definition) is 4. The molecule has 0 spiro atoms. The predicted molar refractivity (Wildman–Crippen MR) is 111 cm³/mol. The Morgan fingerprint density at radius 1 is 1.00 bits per heavy atom. The summed E-state index contributed by atoms with van der Waals surface area (Å²) in [6, 6.07) is 19.2. The lowest BCUT2D eigenvalue weighted by Crippen LogP contribution is -2.41. The minimum absolute atomic E-state index is 0.494. The predicted octanol–water partition coefficient (Wildman–Crippen LogP) is 4.53. The number of nitrogens with zero attached hydrogens (tertiary/aromatic N) is 3. The molecule has 2 heterocycles. The van der Waals surface area contributed by atoms with Crippen molar-refractivity contribution >= 4 is 5.69 Å². The molecule has 3 aromatic rings. The molecule has 1 atom stereocenters. The van der Waals surface area contributed by atoms with Crippen LogP contribution in [0.4, 0.5) is 5.69 Å². The molecule has 27 heavy (non-hydrogen) atoms. The number of anilines is 1. The Kier molecular flexibility index (Phi) is 5.45. The smallest absolute Gasteiger partial charge is 0.159 e. The summed E-state index contributed by atoms with van der Waals surface area (Å²) in [6.45, 7) is 5.18. The number of piperidine rings is 1. The molecular weight excluding hydrogens is 332 g/mol. The Hall–Kier alpha value is -2.72. The van der Waals surface area contributed by atoms with Crippen molar-refractivity contribution in [1.82, 2.24) is 14.9 Å².